The molecule has 98 valence electrons. The van der Waals surface area contributed by atoms with Gasteiger partial charge in [0.2, 0.25) is 0 Å². The summed E-state index contributed by atoms with van der Waals surface area (Å²) in [6.45, 7) is 4.97. The minimum absolute atomic E-state index is 0.387. The Balaban J connectivity index is 2.91. The van der Waals surface area contributed by atoms with E-state index in [0.29, 0.717) is 24.7 Å². The molecule has 0 aliphatic carbocycles. The van der Waals surface area contributed by atoms with Crippen LogP contribution >= 0.6 is 0 Å². The second-order valence-corrected chi connectivity index (χ2v) is 3.43. The fourth-order valence-electron chi connectivity index (χ4n) is 1.40. The van der Waals surface area contributed by atoms with Crippen LogP contribution < -0.4 is 9.47 Å². The van der Waals surface area contributed by atoms with E-state index in [9.17, 15) is 4.79 Å². The summed E-state index contributed by atoms with van der Waals surface area (Å²) in [6.07, 6.45) is 3.04. The standard InChI is InChI=1S/C14H18O4/c1-4-17-12-8-6-11(7-9-14(15)16-3)10-13(12)18-5-2/h6-10H,4-5H2,1-3H3. The Bertz CT molecular complexity index is 424. The topological polar surface area (TPSA) is 44.8 Å². The highest BCUT2D eigenvalue weighted by atomic mass is 16.5. The summed E-state index contributed by atoms with van der Waals surface area (Å²) in [4.78, 5) is 11.0. The van der Waals surface area contributed by atoms with Crippen molar-refractivity contribution in [1.29, 1.82) is 0 Å². The Morgan fingerprint density at radius 1 is 1.17 bits per heavy atom. The summed E-state index contributed by atoms with van der Waals surface area (Å²) in [6, 6.07) is 5.51. The van der Waals surface area contributed by atoms with Crippen LogP contribution in [0.2, 0.25) is 0 Å². The minimum atomic E-state index is -0.387. The summed E-state index contributed by atoms with van der Waals surface area (Å²) in [5.74, 6) is 0.989. The van der Waals surface area contributed by atoms with Crippen LogP contribution in [0, 0.1) is 0 Å². The molecule has 4 heteroatoms. The van der Waals surface area contributed by atoms with Crippen LogP contribution in [0.3, 0.4) is 0 Å². The second-order valence-electron chi connectivity index (χ2n) is 3.43. The van der Waals surface area contributed by atoms with Gasteiger partial charge in [-0.15, -0.1) is 0 Å². The molecule has 0 aliphatic rings. The summed E-state index contributed by atoms with van der Waals surface area (Å²) < 4.78 is 15.5. The largest absolute Gasteiger partial charge is 0.490 e. The number of ether oxygens (including phenoxy) is 3. The van der Waals surface area contributed by atoms with E-state index >= 15 is 0 Å². The van der Waals surface area contributed by atoms with Crippen molar-refractivity contribution in [2.24, 2.45) is 0 Å². The molecule has 0 atom stereocenters. The number of hydrogen-bond acceptors (Lipinski definition) is 4. The van der Waals surface area contributed by atoms with E-state index in [-0.39, 0.29) is 5.97 Å². The van der Waals surface area contributed by atoms with Crippen molar-refractivity contribution in [3.05, 3.63) is 29.8 Å². The number of carbonyl (C=O) groups excluding carboxylic acids is 1. The molecule has 0 saturated heterocycles. The monoisotopic (exact) mass is 250 g/mol. The number of carbonyl (C=O) groups is 1. The van der Waals surface area contributed by atoms with Crippen molar-refractivity contribution >= 4 is 12.0 Å². The van der Waals surface area contributed by atoms with Crippen LogP contribution in [0.1, 0.15) is 19.4 Å². The Labute approximate surface area is 107 Å². The number of rotatable bonds is 6. The van der Waals surface area contributed by atoms with Gasteiger partial charge in [0.05, 0.1) is 20.3 Å². The highest BCUT2D eigenvalue weighted by Crippen LogP contribution is 2.28. The van der Waals surface area contributed by atoms with Crippen LogP contribution in [0.4, 0.5) is 0 Å². The Morgan fingerprint density at radius 2 is 1.83 bits per heavy atom. The van der Waals surface area contributed by atoms with Gasteiger partial charge in [0.15, 0.2) is 11.5 Å². The number of benzene rings is 1. The zero-order chi connectivity index (χ0) is 13.4. The quantitative estimate of drug-likeness (QED) is 0.575. The van der Waals surface area contributed by atoms with Crippen LogP contribution in [0.15, 0.2) is 24.3 Å². The average molecular weight is 250 g/mol. The first kappa shape index (κ1) is 14.1. The molecule has 0 saturated carbocycles. The van der Waals surface area contributed by atoms with Crippen LogP contribution in [-0.2, 0) is 9.53 Å². The fraction of sp³-hybridized carbons (Fsp3) is 0.357. The first-order valence-electron chi connectivity index (χ1n) is 5.87. The SMILES string of the molecule is CCOc1ccc(C=CC(=O)OC)cc1OCC. The van der Waals surface area contributed by atoms with E-state index in [0.717, 1.165) is 5.56 Å². The molecule has 1 aromatic carbocycles. The first-order valence-corrected chi connectivity index (χ1v) is 5.87. The van der Waals surface area contributed by atoms with Crippen LogP contribution in [0.5, 0.6) is 11.5 Å². The Morgan fingerprint density at radius 3 is 2.44 bits per heavy atom. The third kappa shape index (κ3) is 4.13. The summed E-state index contributed by atoms with van der Waals surface area (Å²) >= 11 is 0. The van der Waals surface area contributed by atoms with Crippen LogP contribution in [-0.4, -0.2) is 26.3 Å². The maximum atomic E-state index is 11.0. The molecule has 0 spiro atoms. The number of hydrogen-bond donors (Lipinski definition) is 0. The Hall–Kier alpha value is -1.97. The lowest BCUT2D eigenvalue weighted by Crippen LogP contribution is -1.98. The highest BCUT2D eigenvalue weighted by molar-refractivity contribution is 5.87. The molecule has 0 amide bonds. The summed E-state index contributed by atoms with van der Waals surface area (Å²) in [5.41, 5.74) is 0.854. The first-order chi connectivity index (χ1) is 8.71. The lowest BCUT2D eigenvalue weighted by molar-refractivity contribution is -0.134. The van der Waals surface area contributed by atoms with Gasteiger partial charge in [0, 0.05) is 6.08 Å². The smallest absolute Gasteiger partial charge is 0.330 e. The van der Waals surface area contributed by atoms with E-state index < -0.39 is 0 Å². The van der Waals surface area contributed by atoms with Crippen molar-refractivity contribution in [2.75, 3.05) is 20.3 Å². The molecule has 1 aromatic rings. The Kier molecular flexibility index (Phi) is 5.77. The predicted octanol–water partition coefficient (Wildman–Crippen LogP) is 2.67. The molecule has 0 aromatic heterocycles. The molecule has 0 fully saturated rings. The molecule has 0 aliphatic heterocycles. The molecule has 0 unspecified atom stereocenters. The fourth-order valence-corrected chi connectivity index (χ4v) is 1.40. The van der Waals surface area contributed by atoms with E-state index in [1.807, 2.05) is 32.0 Å². The molecule has 0 bridgehead atoms. The second kappa shape index (κ2) is 7.37. The van der Waals surface area contributed by atoms with Gasteiger partial charge in [-0.05, 0) is 37.6 Å². The van der Waals surface area contributed by atoms with E-state index in [1.165, 1.54) is 13.2 Å². The van der Waals surface area contributed by atoms with Crippen molar-refractivity contribution in [3.63, 3.8) is 0 Å². The zero-order valence-corrected chi connectivity index (χ0v) is 10.9. The lowest BCUT2D eigenvalue weighted by Gasteiger charge is -2.11. The van der Waals surface area contributed by atoms with Crippen LogP contribution in [0.25, 0.3) is 6.08 Å². The number of esters is 1. The van der Waals surface area contributed by atoms with Gasteiger partial charge >= 0.3 is 5.97 Å². The van der Waals surface area contributed by atoms with Gasteiger partial charge in [0.25, 0.3) is 0 Å². The minimum Gasteiger partial charge on any atom is -0.490 e. The summed E-state index contributed by atoms with van der Waals surface area (Å²) in [5, 5.41) is 0. The number of methoxy groups -OCH3 is 1. The molecule has 18 heavy (non-hydrogen) atoms. The average Bonchev–Trinajstić information content (AvgIpc) is 2.39. The van der Waals surface area contributed by atoms with Gasteiger partial charge in [-0.1, -0.05) is 6.07 Å². The molecule has 4 nitrogen and oxygen atoms in total. The maximum Gasteiger partial charge on any atom is 0.330 e. The molecular weight excluding hydrogens is 232 g/mol. The normalized spacial score (nSPS) is 10.4. The van der Waals surface area contributed by atoms with E-state index in [2.05, 4.69) is 4.74 Å². The molecule has 1 rings (SSSR count). The van der Waals surface area contributed by atoms with E-state index in [4.69, 9.17) is 9.47 Å². The zero-order valence-electron chi connectivity index (χ0n) is 10.9. The molecular formula is C14H18O4. The summed E-state index contributed by atoms with van der Waals surface area (Å²) in [7, 11) is 1.34. The third-order valence-corrected chi connectivity index (χ3v) is 2.18. The maximum absolute atomic E-state index is 11.0. The van der Waals surface area contributed by atoms with Gasteiger partial charge in [0.1, 0.15) is 0 Å². The van der Waals surface area contributed by atoms with E-state index in [1.54, 1.807) is 6.08 Å². The molecule has 0 N–H and O–H groups in total. The van der Waals surface area contributed by atoms with Crippen molar-refractivity contribution < 1.29 is 19.0 Å². The highest BCUT2D eigenvalue weighted by Gasteiger charge is 2.04. The van der Waals surface area contributed by atoms with Gasteiger partial charge in [-0.3, -0.25) is 0 Å². The van der Waals surface area contributed by atoms with Gasteiger partial charge in [-0.2, -0.15) is 0 Å². The third-order valence-electron chi connectivity index (χ3n) is 2.18. The lowest BCUT2D eigenvalue weighted by atomic mass is 10.2. The van der Waals surface area contributed by atoms with Crippen molar-refractivity contribution in [2.45, 2.75) is 13.8 Å². The van der Waals surface area contributed by atoms with Crippen molar-refractivity contribution in [3.8, 4) is 11.5 Å². The van der Waals surface area contributed by atoms with Gasteiger partial charge in [-0.25, -0.2) is 4.79 Å². The molecule has 0 radical (unpaired) electrons. The van der Waals surface area contributed by atoms with Crippen molar-refractivity contribution in [1.82, 2.24) is 0 Å². The predicted molar refractivity (Wildman–Crippen MR) is 69.8 cm³/mol. The molecule has 0 heterocycles. The van der Waals surface area contributed by atoms with Gasteiger partial charge < -0.3 is 14.2 Å².